The molecule has 0 saturated carbocycles. The first-order chi connectivity index (χ1) is 25.6. The Morgan fingerprint density at radius 1 is 0.925 bits per heavy atom. The Morgan fingerprint density at radius 3 is 2.38 bits per heavy atom. The summed E-state index contributed by atoms with van der Waals surface area (Å²) in [6.07, 6.45) is 8.69. The Labute approximate surface area is 316 Å². The molecule has 2 saturated heterocycles. The van der Waals surface area contributed by atoms with Crippen LogP contribution < -0.4 is 24.6 Å². The Kier molecular flexibility index (Phi) is 10.8. The zero-order valence-corrected chi connectivity index (χ0v) is 32.0. The van der Waals surface area contributed by atoms with Crippen molar-refractivity contribution in [1.29, 1.82) is 0 Å². The summed E-state index contributed by atoms with van der Waals surface area (Å²) in [5, 5.41) is 6.85. The molecule has 5 aromatic rings. The van der Waals surface area contributed by atoms with Gasteiger partial charge in [0.05, 0.1) is 36.5 Å². The number of hydrogen-bond acceptors (Lipinski definition) is 12. The van der Waals surface area contributed by atoms with Gasteiger partial charge < -0.3 is 25.2 Å². The van der Waals surface area contributed by atoms with Gasteiger partial charge >= 0.3 is 0 Å². The van der Waals surface area contributed by atoms with Gasteiger partial charge in [-0.1, -0.05) is 41.9 Å². The van der Waals surface area contributed by atoms with Gasteiger partial charge in [-0.3, -0.25) is 19.2 Å². The second-order valence-electron chi connectivity index (χ2n) is 13.7. The molecule has 2 aromatic heterocycles. The molecule has 53 heavy (non-hydrogen) atoms. The molecule has 4 heterocycles. The lowest BCUT2D eigenvalue weighted by Gasteiger charge is -2.43. The van der Waals surface area contributed by atoms with E-state index in [0.717, 1.165) is 80.3 Å². The molecule has 0 unspecified atom stereocenters. The van der Waals surface area contributed by atoms with Crippen LogP contribution in [0.5, 0.6) is 5.75 Å². The third kappa shape index (κ3) is 8.25. The number of halogens is 1. The van der Waals surface area contributed by atoms with Crippen LogP contribution in [0.1, 0.15) is 24.0 Å². The zero-order valence-electron chi connectivity index (χ0n) is 30.5. The van der Waals surface area contributed by atoms with Crippen LogP contribution in [0.15, 0.2) is 73.2 Å². The van der Waals surface area contributed by atoms with Gasteiger partial charge in [-0.2, -0.15) is 4.98 Å². The number of fused-ring (bicyclic) bond motifs is 1. The summed E-state index contributed by atoms with van der Waals surface area (Å²) < 4.78 is 32.5. The lowest BCUT2D eigenvalue weighted by Crippen LogP contribution is -2.52. The summed E-state index contributed by atoms with van der Waals surface area (Å²) >= 11 is 6.63. The van der Waals surface area contributed by atoms with E-state index in [1.807, 2.05) is 6.07 Å². The van der Waals surface area contributed by atoms with E-state index in [9.17, 15) is 8.42 Å². The summed E-state index contributed by atoms with van der Waals surface area (Å²) in [5.74, 6) is 1.22. The SMILES string of the molecule is COc1cc(N2CCC(N3CCN(C)CC3)CC2)c(Cc2ccccc2)cc1Nc1ncc(Cl)c(Nc2ccc3nccnc3c2N(C)S(C)(=O)=O)n1. The summed E-state index contributed by atoms with van der Waals surface area (Å²) in [5.41, 5.74) is 5.94. The standard InChI is InChI=1S/C38H45ClN10O3S/c1-46-18-20-48(21-19-46)28-12-16-49(17-13-28)33-24-34(52-3)32(23-27(33)22-26-8-6-5-7-9-26)44-38-42-25-29(39)37(45-38)43-31-11-10-30-35(41-15-14-40-30)36(31)47(2)53(4,50)51/h5-11,14-15,23-25,28H,12-13,16-22H2,1-4H3,(H2,42,43,44,45). The minimum atomic E-state index is -3.65. The van der Waals surface area contributed by atoms with Crippen LogP contribution >= 0.6 is 11.6 Å². The molecule has 2 aliphatic heterocycles. The predicted molar refractivity (Wildman–Crippen MR) is 213 cm³/mol. The van der Waals surface area contributed by atoms with Crippen molar-refractivity contribution in [2.24, 2.45) is 0 Å². The number of aromatic nitrogens is 4. The minimum absolute atomic E-state index is 0.245. The lowest BCUT2D eigenvalue weighted by molar-refractivity contribution is 0.0982. The first-order valence-electron chi connectivity index (χ1n) is 17.7. The number of piperazine rings is 1. The number of nitrogens with one attached hydrogen (secondary N) is 2. The Hall–Kier alpha value is -4.76. The van der Waals surface area contributed by atoms with Crippen molar-refractivity contribution in [3.63, 3.8) is 0 Å². The average Bonchev–Trinajstić information content (AvgIpc) is 3.16. The fourth-order valence-corrected chi connectivity index (χ4v) is 7.82. The molecule has 0 bridgehead atoms. The van der Waals surface area contributed by atoms with E-state index in [1.54, 1.807) is 25.4 Å². The van der Waals surface area contributed by atoms with Crippen LogP contribution in [-0.2, 0) is 16.4 Å². The molecule has 2 N–H and O–H groups in total. The van der Waals surface area contributed by atoms with E-state index in [4.69, 9.17) is 21.3 Å². The summed E-state index contributed by atoms with van der Waals surface area (Å²) in [6, 6.07) is 18.8. The van der Waals surface area contributed by atoms with E-state index in [2.05, 4.69) is 83.7 Å². The normalized spacial score (nSPS) is 16.1. The molecule has 0 spiro atoms. The average molecular weight is 757 g/mol. The number of anilines is 6. The molecule has 15 heteroatoms. The van der Waals surface area contributed by atoms with Crippen molar-refractivity contribution in [3.05, 3.63) is 89.3 Å². The minimum Gasteiger partial charge on any atom is -0.494 e. The lowest BCUT2D eigenvalue weighted by atomic mass is 9.97. The van der Waals surface area contributed by atoms with Crippen molar-refractivity contribution in [3.8, 4) is 5.75 Å². The van der Waals surface area contributed by atoms with Gasteiger partial charge in [0.2, 0.25) is 16.0 Å². The molecule has 0 radical (unpaired) electrons. The fourth-order valence-electron chi connectivity index (χ4n) is 7.16. The number of piperidine rings is 1. The Bertz CT molecular complexity index is 2180. The maximum atomic E-state index is 12.7. The molecule has 7 rings (SSSR count). The van der Waals surface area contributed by atoms with Crippen molar-refractivity contribution in [1.82, 2.24) is 29.7 Å². The first-order valence-corrected chi connectivity index (χ1v) is 20.0. The van der Waals surface area contributed by atoms with Crippen LogP contribution in [0.3, 0.4) is 0 Å². The molecule has 2 aliphatic rings. The highest BCUT2D eigenvalue weighted by Crippen LogP contribution is 2.39. The monoisotopic (exact) mass is 756 g/mol. The largest absolute Gasteiger partial charge is 0.494 e. The topological polar surface area (TPSA) is 132 Å². The third-order valence-electron chi connectivity index (χ3n) is 10.2. The van der Waals surface area contributed by atoms with Gasteiger partial charge in [-0.25, -0.2) is 13.4 Å². The van der Waals surface area contributed by atoms with Crippen molar-refractivity contribution in [2.45, 2.75) is 25.3 Å². The third-order valence-corrected chi connectivity index (χ3v) is 11.6. The number of ether oxygens (including phenoxy) is 1. The van der Waals surface area contributed by atoms with E-state index in [-0.39, 0.29) is 16.8 Å². The van der Waals surface area contributed by atoms with E-state index in [0.29, 0.717) is 39.9 Å². The quantitative estimate of drug-likeness (QED) is 0.170. The number of sulfonamides is 1. The smallest absolute Gasteiger partial charge is 0.232 e. The van der Waals surface area contributed by atoms with Crippen LogP contribution in [0.2, 0.25) is 5.02 Å². The number of rotatable bonds is 11. The van der Waals surface area contributed by atoms with Crippen molar-refractivity contribution >= 4 is 67.2 Å². The van der Waals surface area contributed by atoms with Crippen LogP contribution in [0.25, 0.3) is 11.0 Å². The first kappa shape index (κ1) is 36.6. The van der Waals surface area contributed by atoms with Crippen LogP contribution in [-0.4, -0.2) is 111 Å². The molecule has 0 amide bonds. The highest BCUT2D eigenvalue weighted by molar-refractivity contribution is 7.92. The van der Waals surface area contributed by atoms with E-state index in [1.165, 1.54) is 25.0 Å². The van der Waals surface area contributed by atoms with Gasteiger partial charge in [0.1, 0.15) is 22.0 Å². The van der Waals surface area contributed by atoms with Gasteiger partial charge in [-0.05, 0) is 55.6 Å². The highest BCUT2D eigenvalue weighted by Gasteiger charge is 2.28. The molecular weight excluding hydrogens is 712 g/mol. The highest BCUT2D eigenvalue weighted by atomic mass is 35.5. The van der Waals surface area contributed by atoms with Gasteiger partial charge in [0, 0.05) is 76.5 Å². The van der Waals surface area contributed by atoms with E-state index < -0.39 is 10.0 Å². The number of likely N-dealkylation sites (N-methyl/N-ethyl adjacent to an activating group) is 1. The van der Waals surface area contributed by atoms with Crippen molar-refractivity contribution in [2.75, 3.05) is 86.6 Å². The van der Waals surface area contributed by atoms with Gasteiger partial charge in [0.15, 0.2) is 5.82 Å². The number of benzene rings is 3. The maximum absolute atomic E-state index is 12.7. The van der Waals surface area contributed by atoms with Gasteiger partial charge in [0.25, 0.3) is 0 Å². The Balaban J connectivity index is 1.18. The predicted octanol–water partition coefficient (Wildman–Crippen LogP) is 5.77. The van der Waals surface area contributed by atoms with E-state index >= 15 is 0 Å². The zero-order chi connectivity index (χ0) is 37.1. The number of hydrogen-bond donors (Lipinski definition) is 2. The molecule has 3 aromatic carbocycles. The van der Waals surface area contributed by atoms with Crippen LogP contribution in [0.4, 0.5) is 34.5 Å². The molecular formula is C38H45ClN10O3S. The summed E-state index contributed by atoms with van der Waals surface area (Å²) in [7, 11) is 1.69. The number of methoxy groups -OCH3 is 1. The molecule has 0 aliphatic carbocycles. The number of nitrogens with zero attached hydrogens (tertiary/aromatic N) is 8. The van der Waals surface area contributed by atoms with Gasteiger partial charge in [-0.15, -0.1) is 0 Å². The molecule has 0 atom stereocenters. The second kappa shape index (κ2) is 15.7. The van der Waals surface area contributed by atoms with Crippen LogP contribution in [0, 0.1) is 0 Å². The molecule has 278 valence electrons. The Morgan fingerprint density at radius 2 is 1.66 bits per heavy atom. The maximum Gasteiger partial charge on any atom is 0.232 e. The molecule has 13 nitrogen and oxygen atoms in total. The summed E-state index contributed by atoms with van der Waals surface area (Å²) in [4.78, 5) is 25.6. The van der Waals surface area contributed by atoms with Crippen molar-refractivity contribution < 1.29 is 13.2 Å². The molecule has 2 fully saturated rings. The second-order valence-corrected chi connectivity index (χ2v) is 16.1. The fraction of sp³-hybridized carbons (Fsp3) is 0.368. The summed E-state index contributed by atoms with van der Waals surface area (Å²) in [6.45, 7) is 6.47.